The number of hydrogen-bond donors (Lipinski definition) is 2. The summed E-state index contributed by atoms with van der Waals surface area (Å²) in [5.41, 5.74) is 1.27. The minimum atomic E-state index is -0.0878. The molecule has 122 valence electrons. The van der Waals surface area contributed by atoms with E-state index in [-0.39, 0.29) is 23.6 Å². The number of hydrogen-bond acceptors (Lipinski definition) is 3. The summed E-state index contributed by atoms with van der Waals surface area (Å²) in [5, 5.41) is 5.63. The van der Waals surface area contributed by atoms with Crippen LogP contribution in [0.25, 0.3) is 0 Å². The third-order valence-corrected chi connectivity index (χ3v) is 4.45. The van der Waals surface area contributed by atoms with Gasteiger partial charge < -0.3 is 15.5 Å². The lowest BCUT2D eigenvalue weighted by Gasteiger charge is -2.19. The molecule has 1 saturated heterocycles. The SMILES string of the molecule is CC1CC1C(=O)Nc1ccc(C(=O)N2CCNC(=O)CC2)cc1. The molecule has 6 nitrogen and oxygen atoms in total. The summed E-state index contributed by atoms with van der Waals surface area (Å²) in [6, 6.07) is 6.93. The Labute approximate surface area is 135 Å². The Bertz CT molecular complexity index is 626. The fraction of sp³-hybridized carbons (Fsp3) is 0.471. The molecule has 2 N–H and O–H groups in total. The van der Waals surface area contributed by atoms with E-state index < -0.39 is 0 Å². The van der Waals surface area contributed by atoms with Crippen LogP contribution in [0, 0.1) is 11.8 Å². The minimum absolute atomic E-state index is 0.0207. The fourth-order valence-corrected chi connectivity index (χ4v) is 2.77. The lowest BCUT2D eigenvalue weighted by atomic mass is 10.1. The molecule has 1 aliphatic heterocycles. The van der Waals surface area contributed by atoms with Crippen LogP contribution in [0.3, 0.4) is 0 Å². The Morgan fingerprint density at radius 2 is 1.91 bits per heavy atom. The van der Waals surface area contributed by atoms with E-state index in [9.17, 15) is 14.4 Å². The van der Waals surface area contributed by atoms with Gasteiger partial charge in [-0.3, -0.25) is 14.4 Å². The molecule has 1 aromatic rings. The van der Waals surface area contributed by atoms with E-state index in [4.69, 9.17) is 0 Å². The van der Waals surface area contributed by atoms with Crippen LogP contribution in [0.4, 0.5) is 5.69 Å². The summed E-state index contributed by atoms with van der Waals surface area (Å²) < 4.78 is 0. The lowest BCUT2D eigenvalue weighted by molar-refractivity contribution is -0.120. The number of amides is 3. The molecule has 1 aromatic carbocycles. The number of rotatable bonds is 3. The van der Waals surface area contributed by atoms with Gasteiger partial charge in [0.1, 0.15) is 0 Å². The van der Waals surface area contributed by atoms with Gasteiger partial charge in [0.15, 0.2) is 0 Å². The van der Waals surface area contributed by atoms with Crippen LogP contribution in [0.1, 0.15) is 30.1 Å². The molecule has 3 amide bonds. The number of anilines is 1. The van der Waals surface area contributed by atoms with E-state index in [0.717, 1.165) is 6.42 Å². The van der Waals surface area contributed by atoms with Crippen LogP contribution in [0.2, 0.25) is 0 Å². The van der Waals surface area contributed by atoms with Crippen molar-refractivity contribution in [1.29, 1.82) is 0 Å². The summed E-state index contributed by atoms with van der Waals surface area (Å²) in [7, 11) is 0. The van der Waals surface area contributed by atoms with E-state index in [1.165, 1.54) is 0 Å². The largest absolute Gasteiger partial charge is 0.354 e. The molecule has 0 spiro atoms. The average Bonchev–Trinajstić information content (AvgIpc) is 3.30. The summed E-state index contributed by atoms with van der Waals surface area (Å²) in [5.74, 6) is 0.533. The molecular formula is C17H21N3O3. The van der Waals surface area contributed by atoms with Gasteiger partial charge in [0.05, 0.1) is 0 Å². The highest BCUT2D eigenvalue weighted by atomic mass is 16.2. The van der Waals surface area contributed by atoms with Gasteiger partial charge in [0.25, 0.3) is 5.91 Å². The van der Waals surface area contributed by atoms with E-state index in [1.807, 2.05) is 0 Å². The predicted octanol–water partition coefficient (Wildman–Crippen LogP) is 1.24. The first-order valence-electron chi connectivity index (χ1n) is 8.01. The van der Waals surface area contributed by atoms with Gasteiger partial charge in [0, 0.05) is 43.2 Å². The normalized spacial score (nSPS) is 23.7. The molecule has 6 heteroatoms. The Balaban J connectivity index is 1.61. The van der Waals surface area contributed by atoms with Gasteiger partial charge in [-0.05, 0) is 36.6 Å². The third kappa shape index (κ3) is 3.70. The summed E-state index contributed by atoms with van der Waals surface area (Å²) in [6.45, 7) is 3.50. The first-order chi connectivity index (χ1) is 11.0. The first-order valence-corrected chi connectivity index (χ1v) is 8.01. The molecule has 3 rings (SSSR count). The Hall–Kier alpha value is -2.37. The maximum absolute atomic E-state index is 12.5. The Kier molecular flexibility index (Phi) is 4.32. The molecule has 0 aromatic heterocycles. The van der Waals surface area contributed by atoms with Crippen molar-refractivity contribution in [2.75, 3.05) is 25.0 Å². The molecule has 1 saturated carbocycles. The van der Waals surface area contributed by atoms with Crippen molar-refractivity contribution in [2.24, 2.45) is 11.8 Å². The second-order valence-corrected chi connectivity index (χ2v) is 6.28. The van der Waals surface area contributed by atoms with Crippen molar-refractivity contribution >= 4 is 23.4 Å². The summed E-state index contributed by atoms with van der Waals surface area (Å²) in [6.07, 6.45) is 1.28. The topological polar surface area (TPSA) is 78.5 Å². The molecule has 0 radical (unpaired) electrons. The van der Waals surface area contributed by atoms with Crippen molar-refractivity contribution in [3.63, 3.8) is 0 Å². The number of nitrogens with one attached hydrogen (secondary N) is 2. The number of carbonyl (C=O) groups is 3. The molecule has 2 atom stereocenters. The van der Waals surface area contributed by atoms with Crippen molar-refractivity contribution in [3.8, 4) is 0 Å². The zero-order valence-corrected chi connectivity index (χ0v) is 13.2. The van der Waals surface area contributed by atoms with E-state index in [1.54, 1.807) is 29.2 Å². The smallest absolute Gasteiger partial charge is 0.253 e. The van der Waals surface area contributed by atoms with E-state index in [2.05, 4.69) is 17.6 Å². The Morgan fingerprint density at radius 1 is 1.22 bits per heavy atom. The standard InChI is InChI=1S/C17H21N3O3/c1-11-10-14(11)16(22)19-13-4-2-12(3-5-13)17(23)20-8-6-15(21)18-7-9-20/h2-5,11,14H,6-10H2,1H3,(H,18,21)(H,19,22). The molecule has 2 fully saturated rings. The molecule has 1 heterocycles. The average molecular weight is 315 g/mol. The molecule has 2 unspecified atom stereocenters. The van der Waals surface area contributed by atoms with Gasteiger partial charge in [-0.15, -0.1) is 0 Å². The van der Waals surface area contributed by atoms with Crippen LogP contribution in [0.15, 0.2) is 24.3 Å². The third-order valence-electron chi connectivity index (χ3n) is 4.45. The quantitative estimate of drug-likeness (QED) is 0.881. The van der Waals surface area contributed by atoms with Crippen LogP contribution < -0.4 is 10.6 Å². The molecule has 2 aliphatic rings. The minimum Gasteiger partial charge on any atom is -0.354 e. The zero-order valence-electron chi connectivity index (χ0n) is 13.2. The lowest BCUT2D eigenvalue weighted by Crippen LogP contribution is -2.34. The van der Waals surface area contributed by atoms with Gasteiger partial charge in [-0.2, -0.15) is 0 Å². The highest BCUT2D eigenvalue weighted by Gasteiger charge is 2.39. The van der Waals surface area contributed by atoms with Crippen molar-refractivity contribution < 1.29 is 14.4 Å². The van der Waals surface area contributed by atoms with Crippen LogP contribution in [-0.2, 0) is 9.59 Å². The van der Waals surface area contributed by atoms with Crippen molar-refractivity contribution in [3.05, 3.63) is 29.8 Å². The molecular weight excluding hydrogens is 294 g/mol. The second kappa shape index (κ2) is 6.40. The van der Waals surface area contributed by atoms with Crippen LogP contribution in [0.5, 0.6) is 0 Å². The highest BCUT2D eigenvalue weighted by Crippen LogP contribution is 2.38. The molecule has 23 heavy (non-hydrogen) atoms. The first kappa shape index (κ1) is 15.5. The van der Waals surface area contributed by atoms with E-state index >= 15 is 0 Å². The van der Waals surface area contributed by atoms with Gasteiger partial charge in [-0.1, -0.05) is 6.92 Å². The van der Waals surface area contributed by atoms with Crippen LogP contribution in [-0.4, -0.2) is 42.3 Å². The van der Waals surface area contributed by atoms with E-state index in [0.29, 0.717) is 43.2 Å². The fourth-order valence-electron chi connectivity index (χ4n) is 2.77. The molecule has 0 bridgehead atoms. The Morgan fingerprint density at radius 3 is 2.57 bits per heavy atom. The number of carbonyl (C=O) groups excluding carboxylic acids is 3. The van der Waals surface area contributed by atoms with Crippen molar-refractivity contribution in [2.45, 2.75) is 19.8 Å². The predicted molar refractivity (Wildman–Crippen MR) is 85.9 cm³/mol. The van der Waals surface area contributed by atoms with Gasteiger partial charge >= 0.3 is 0 Å². The molecule has 1 aliphatic carbocycles. The highest BCUT2D eigenvalue weighted by molar-refractivity contribution is 5.97. The second-order valence-electron chi connectivity index (χ2n) is 6.28. The summed E-state index contributed by atoms with van der Waals surface area (Å²) >= 11 is 0. The zero-order chi connectivity index (χ0) is 16.4. The van der Waals surface area contributed by atoms with Gasteiger partial charge in [-0.25, -0.2) is 0 Å². The van der Waals surface area contributed by atoms with Gasteiger partial charge in [0.2, 0.25) is 11.8 Å². The van der Waals surface area contributed by atoms with Crippen molar-refractivity contribution in [1.82, 2.24) is 10.2 Å². The number of nitrogens with zero attached hydrogens (tertiary/aromatic N) is 1. The maximum atomic E-state index is 12.5. The summed E-state index contributed by atoms with van der Waals surface area (Å²) in [4.78, 5) is 37.4. The number of benzene rings is 1. The van der Waals surface area contributed by atoms with Crippen LogP contribution >= 0.6 is 0 Å². The monoisotopic (exact) mass is 315 g/mol. The maximum Gasteiger partial charge on any atom is 0.253 e.